The zero-order valence-electron chi connectivity index (χ0n) is 6.88. The van der Waals surface area contributed by atoms with Crippen molar-refractivity contribution in [3.63, 3.8) is 0 Å². The van der Waals surface area contributed by atoms with Crippen molar-refractivity contribution in [3.8, 4) is 5.75 Å². The second-order valence-electron chi connectivity index (χ2n) is 2.80. The molecule has 0 aliphatic carbocycles. The summed E-state index contributed by atoms with van der Waals surface area (Å²) in [6.07, 6.45) is 0.854. The van der Waals surface area contributed by atoms with Crippen LogP contribution in [0.4, 0.5) is 0 Å². The summed E-state index contributed by atoms with van der Waals surface area (Å²) in [7, 11) is 3.17. The number of benzene rings is 1. The largest absolute Gasteiger partial charge is 0.492 e. The molecule has 0 N–H and O–H groups in total. The predicted molar refractivity (Wildman–Crippen MR) is 56.5 cm³/mol. The quantitative estimate of drug-likeness (QED) is 0.649. The third kappa shape index (κ3) is 1.69. The van der Waals surface area contributed by atoms with Crippen LogP contribution in [0.25, 0.3) is 0 Å². The maximum Gasteiger partial charge on any atom is 0.221 e. The van der Waals surface area contributed by atoms with Gasteiger partial charge in [-0.1, -0.05) is 15.9 Å². The molecule has 0 saturated heterocycles. The number of fused-ring (bicyclic) bond motifs is 1. The van der Waals surface area contributed by atoms with Crippen LogP contribution in [0, 0.1) is 0 Å². The molecule has 1 aliphatic heterocycles. The third-order valence-electron chi connectivity index (χ3n) is 1.98. The average Bonchev–Trinajstić information content (AvgIpc) is 2.17. The van der Waals surface area contributed by atoms with Crippen molar-refractivity contribution in [2.24, 2.45) is 4.66 Å². The number of rotatable bonds is 0. The maximum absolute atomic E-state index is 5.49. The second-order valence-corrected chi connectivity index (χ2v) is 3.94. The fourth-order valence-corrected chi connectivity index (χ4v) is 1.96. The van der Waals surface area contributed by atoms with E-state index >= 15 is 0 Å². The van der Waals surface area contributed by atoms with Gasteiger partial charge in [0, 0.05) is 22.2 Å². The van der Waals surface area contributed by atoms with Crippen molar-refractivity contribution >= 4 is 32.0 Å². The molecule has 3 radical (unpaired) electrons. The molecule has 0 bridgehead atoms. The van der Waals surface area contributed by atoms with Crippen LogP contribution >= 0.6 is 15.9 Å². The Morgan fingerprint density at radius 1 is 1.46 bits per heavy atom. The van der Waals surface area contributed by atoms with Crippen LogP contribution in [0.3, 0.4) is 0 Å². The number of halogens is 1. The first-order valence-electron chi connectivity index (χ1n) is 3.97. The van der Waals surface area contributed by atoms with Gasteiger partial charge in [0.2, 0.25) is 10.4 Å². The highest BCUT2D eigenvalue weighted by atomic mass is 79.9. The first kappa shape index (κ1) is 8.96. The molecular formula is C9H7BrNOSi. The van der Waals surface area contributed by atoms with Gasteiger partial charge in [-0.3, -0.25) is 0 Å². The van der Waals surface area contributed by atoms with Crippen LogP contribution in [-0.2, 0) is 0 Å². The normalized spacial score (nSPS) is 18.2. The van der Waals surface area contributed by atoms with Gasteiger partial charge in [0.15, 0.2) is 0 Å². The Bertz CT molecular complexity index is 365. The lowest BCUT2D eigenvalue weighted by atomic mass is 10.0. The van der Waals surface area contributed by atoms with Gasteiger partial charge in [0.1, 0.15) is 5.75 Å². The lowest BCUT2D eigenvalue weighted by molar-refractivity contribution is 0.320. The molecule has 0 atom stereocenters. The Morgan fingerprint density at radius 3 is 3.08 bits per heavy atom. The van der Waals surface area contributed by atoms with E-state index in [2.05, 4.69) is 31.0 Å². The minimum absolute atomic E-state index is 0.706. The van der Waals surface area contributed by atoms with Crippen molar-refractivity contribution in [2.45, 2.75) is 6.42 Å². The molecular weight excluding hydrogens is 246 g/mol. The fraction of sp³-hybridized carbons (Fsp3) is 0.222. The van der Waals surface area contributed by atoms with Crippen molar-refractivity contribution in [2.75, 3.05) is 6.61 Å². The second kappa shape index (κ2) is 3.63. The summed E-state index contributed by atoms with van der Waals surface area (Å²) < 4.78 is 10.6. The molecule has 0 aromatic heterocycles. The number of hydrogen-bond donors (Lipinski definition) is 0. The van der Waals surface area contributed by atoms with E-state index in [1.165, 1.54) is 0 Å². The van der Waals surface area contributed by atoms with Crippen molar-refractivity contribution in [3.05, 3.63) is 28.2 Å². The van der Waals surface area contributed by atoms with Gasteiger partial charge < -0.3 is 9.39 Å². The fourth-order valence-electron chi connectivity index (χ4n) is 1.36. The van der Waals surface area contributed by atoms with Crippen LogP contribution in [0.15, 0.2) is 27.3 Å². The standard InChI is InChI=1S/C9H7BrNOSi/c10-6-1-2-9-7(5-6)8(11-13)3-4-12-9/h1-2,5H,3-4H2. The van der Waals surface area contributed by atoms with E-state index in [9.17, 15) is 0 Å². The Labute approximate surface area is 88.6 Å². The van der Waals surface area contributed by atoms with E-state index in [1.54, 1.807) is 0 Å². The molecule has 65 valence electrons. The molecule has 1 aliphatic rings. The molecule has 0 saturated carbocycles. The highest BCUT2D eigenvalue weighted by Gasteiger charge is 2.15. The minimum Gasteiger partial charge on any atom is -0.492 e. The third-order valence-corrected chi connectivity index (χ3v) is 2.75. The van der Waals surface area contributed by atoms with Crippen molar-refractivity contribution in [1.29, 1.82) is 0 Å². The van der Waals surface area contributed by atoms with E-state index < -0.39 is 0 Å². The van der Waals surface area contributed by atoms with Crippen molar-refractivity contribution in [1.82, 2.24) is 0 Å². The van der Waals surface area contributed by atoms with Gasteiger partial charge in [-0.25, -0.2) is 0 Å². The molecule has 1 aromatic rings. The van der Waals surface area contributed by atoms with Gasteiger partial charge in [-0.05, 0) is 18.2 Å². The van der Waals surface area contributed by atoms with Crippen LogP contribution in [-0.4, -0.2) is 22.7 Å². The molecule has 0 fully saturated rings. The van der Waals surface area contributed by atoms with Crippen LogP contribution < -0.4 is 4.74 Å². The average molecular weight is 253 g/mol. The molecule has 1 aromatic carbocycles. The van der Waals surface area contributed by atoms with E-state index in [1.807, 2.05) is 18.2 Å². The Balaban J connectivity index is 2.54. The Hall–Kier alpha value is -0.613. The summed E-state index contributed by atoms with van der Waals surface area (Å²) in [5.74, 6) is 0.909. The van der Waals surface area contributed by atoms with Crippen molar-refractivity contribution < 1.29 is 4.74 Å². The number of ether oxygens (including phenoxy) is 1. The molecule has 1 heterocycles. The summed E-state index contributed by atoms with van der Waals surface area (Å²) in [6, 6.07) is 5.94. The molecule has 2 nitrogen and oxygen atoms in total. The highest BCUT2D eigenvalue weighted by molar-refractivity contribution is 9.10. The monoisotopic (exact) mass is 252 g/mol. The summed E-state index contributed by atoms with van der Waals surface area (Å²) in [5, 5.41) is 0. The highest BCUT2D eigenvalue weighted by Crippen LogP contribution is 2.27. The van der Waals surface area contributed by atoms with Gasteiger partial charge >= 0.3 is 0 Å². The minimum atomic E-state index is 0.706. The molecule has 13 heavy (non-hydrogen) atoms. The first-order valence-corrected chi connectivity index (χ1v) is 5.21. The topological polar surface area (TPSA) is 21.6 Å². The van der Waals surface area contributed by atoms with Gasteiger partial charge in [0.25, 0.3) is 0 Å². The van der Waals surface area contributed by atoms with Crippen LogP contribution in [0.5, 0.6) is 5.75 Å². The Kier molecular flexibility index (Phi) is 2.51. The smallest absolute Gasteiger partial charge is 0.221 e. The van der Waals surface area contributed by atoms with Crippen LogP contribution in [0.2, 0.25) is 0 Å². The first-order chi connectivity index (χ1) is 6.31. The van der Waals surface area contributed by atoms with Crippen LogP contribution in [0.1, 0.15) is 12.0 Å². The van der Waals surface area contributed by atoms with Gasteiger partial charge in [-0.2, -0.15) is 0 Å². The van der Waals surface area contributed by atoms with Gasteiger partial charge in [-0.15, -0.1) is 0 Å². The van der Waals surface area contributed by atoms with Gasteiger partial charge in [0.05, 0.1) is 6.61 Å². The van der Waals surface area contributed by atoms with E-state index in [0.29, 0.717) is 6.61 Å². The number of hydrogen-bond acceptors (Lipinski definition) is 2. The molecule has 0 spiro atoms. The molecule has 0 amide bonds. The lowest BCUT2D eigenvalue weighted by Gasteiger charge is -2.18. The predicted octanol–water partition coefficient (Wildman–Crippen LogP) is 2.10. The zero-order chi connectivity index (χ0) is 9.26. The maximum atomic E-state index is 5.49. The Morgan fingerprint density at radius 2 is 2.31 bits per heavy atom. The van der Waals surface area contributed by atoms with E-state index in [4.69, 9.17) is 4.74 Å². The van der Waals surface area contributed by atoms with E-state index in [-0.39, 0.29) is 0 Å². The molecule has 0 unspecified atom stereocenters. The summed E-state index contributed by atoms with van der Waals surface area (Å²) >= 11 is 3.42. The summed E-state index contributed by atoms with van der Waals surface area (Å²) in [6.45, 7) is 0.706. The molecule has 4 heteroatoms. The number of nitrogens with zero attached hydrogens (tertiary/aromatic N) is 1. The lowest BCUT2D eigenvalue weighted by Crippen LogP contribution is -2.16. The molecule has 2 rings (SSSR count). The zero-order valence-corrected chi connectivity index (χ0v) is 9.47. The SMILES string of the molecule is [Si]N=C1CCOc2ccc(Br)cc21. The summed E-state index contributed by atoms with van der Waals surface area (Å²) in [5.41, 5.74) is 2.11. The van der Waals surface area contributed by atoms with E-state index in [0.717, 1.165) is 27.9 Å². The summed E-state index contributed by atoms with van der Waals surface area (Å²) in [4.78, 5) is 0.